The average Bonchev–Trinajstić information content (AvgIpc) is 3.02. The highest BCUT2D eigenvalue weighted by atomic mass is 79.9. The molecule has 0 radical (unpaired) electrons. The maximum Gasteiger partial charge on any atom is 0.0858 e. The molecule has 2 aromatic carbocycles. The van der Waals surface area contributed by atoms with Gasteiger partial charge in [0.05, 0.1) is 18.1 Å². The Labute approximate surface area is 131 Å². The molecular weight excluding hydrogens is 328 g/mol. The number of nitrogens with one attached hydrogen (secondary N) is 1. The van der Waals surface area contributed by atoms with Crippen molar-refractivity contribution in [2.75, 3.05) is 5.32 Å². The second-order valence-electron chi connectivity index (χ2n) is 4.75. The largest absolute Gasteiger partial charge is 0.378 e. The van der Waals surface area contributed by atoms with E-state index >= 15 is 0 Å². The predicted molar refractivity (Wildman–Crippen MR) is 87.5 cm³/mol. The lowest BCUT2D eigenvalue weighted by Gasteiger charge is -2.17. The van der Waals surface area contributed by atoms with E-state index in [0.717, 1.165) is 15.8 Å². The first kappa shape index (κ1) is 13.8. The molecule has 1 atom stereocenters. The van der Waals surface area contributed by atoms with Crippen LogP contribution in [0.5, 0.6) is 0 Å². The summed E-state index contributed by atoms with van der Waals surface area (Å²) in [5, 5.41) is 11.7. The predicted octanol–water partition coefficient (Wildman–Crippen LogP) is 4.20. The zero-order chi connectivity index (χ0) is 14.7. The van der Waals surface area contributed by atoms with Crippen molar-refractivity contribution in [1.29, 1.82) is 0 Å². The summed E-state index contributed by atoms with van der Waals surface area (Å²) in [6.07, 6.45) is 3.34. The van der Waals surface area contributed by atoms with Crippen LogP contribution >= 0.6 is 15.9 Å². The SMILES string of the molecule is CC(Nc1ccc(-n2nccn2)cc1)c1ccccc1Br. The molecule has 0 aliphatic heterocycles. The summed E-state index contributed by atoms with van der Waals surface area (Å²) >= 11 is 3.59. The Kier molecular flexibility index (Phi) is 4.01. The number of anilines is 1. The molecule has 1 aromatic heterocycles. The van der Waals surface area contributed by atoms with E-state index in [4.69, 9.17) is 0 Å². The van der Waals surface area contributed by atoms with Crippen LogP contribution in [0.25, 0.3) is 5.69 Å². The summed E-state index contributed by atoms with van der Waals surface area (Å²) in [7, 11) is 0. The van der Waals surface area contributed by atoms with Gasteiger partial charge in [0.1, 0.15) is 0 Å². The van der Waals surface area contributed by atoms with Crippen LogP contribution < -0.4 is 5.32 Å². The van der Waals surface area contributed by atoms with E-state index in [9.17, 15) is 0 Å². The van der Waals surface area contributed by atoms with E-state index in [0.29, 0.717) is 0 Å². The fourth-order valence-corrected chi connectivity index (χ4v) is 2.82. The van der Waals surface area contributed by atoms with Gasteiger partial charge >= 0.3 is 0 Å². The third kappa shape index (κ3) is 3.13. The topological polar surface area (TPSA) is 42.7 Å². The maximum absolute atomic E-state index is 4.12. The minimum atomic E-state index is 0.217. The molecule has 3 aromatic rings. The van der Waals surface area contributed by atoms with Crippen LogP contribution in [-0.2, 0) is 0 Å². The van der Waals surface area contributed by atoms with Crippen molar-refractivity contribution in [2.45, 2.75) is 13.0 Å². The van der Waals surface area contributed by atoms with Gasteiger partial charge in [-0.25, -0.2) is 0 Å². The number of rotatable bonds is 4. The summed E-state index contributed by atoms with van der Waals surface area (Å²) in [6, 6.07) is 16.5. The molecule has 1 heterocycles. The first-order chi connectivity index (χ1) is 10.2. The van der Waals surface area contributed by atoms with Gasteiger partial charge in [-0.05, 0) is 42.8 Å². The van der Waals surface area contributed by atoms with Crippen LogP contribution in [0.4, 0.5) is 5.69 Å². The molecule has 0 saturated heterocycles. The highest BCUT2D eigenvalue weighted by molar-refractivity contribution is 9.10. The second-order valence-corrected chi connectivity index (χ2v) is 5.61. The molecule has 0 bridgehead atoms. The molecule has 0 fully saturated rings. The van der Waals surface area contributed by atoms with Gasteiger partial charge in [-0.2, -0.15) is 15.0 Å². The van der Waals surface area contributed by atoms with Crippen molar-refractivity contribution in [2.24, 2.45) is 0 Å². The van der Waals surface area contributed by atoms with Gasteiger partial charge < -0.3 is 5.32 Å². The zero-order valence-electron chi connectivity index (χ0n) is 11.6. The van der Waals surface area contributed by atoms with Crippen molar-refractivity contribution in [3.8, 4) is 5.69 Å². The second kappa shape index (κ2) is 6.10. The van der Waals surface area contributed by atoms with Gasteiger partial charge in [-0.15, -0.1) is 0 Å². The van der Waals surface area contributed by atoms with E-state index in [1.54, 1.807) is 17.2 Å². The van der Waals surface area contributed by atoms with E-state index in [-0.39, 0.29) is 6.04 Å². The summed E-state index contributed by atoms with van der Waals surface area (Å²) < 4.78 is 1.11. The Morgan fingerprint density at radius 3 is 2.33 bits per heavy atom. The molecule has 21 heavy (non-hydrogen) atoms. The molecule has 1 unspecified atom stereocenters. The van der Waals surface area contributed by atoms with E-state index < -0.39 is 0 Å². The highest BCUT2D eigenvalue weighted by Crippen LogP contribution is 2.26. The Morgan fingerprint density at radius 1 is 1.00 bits per heavy atom. The molecule has 5 heteroatoms. The van der Waals surface area contributed by atoms with Gasteiger partial charge in [0.2, 0.25) is 0 Å². The Hall–Kier alpha value is -2.14. The fraction of sp³-hybridized carbons (Fsp3) is 0.125. The lowest BCUT2D eigenvalue weighted by atomic mass is 10.1. The molecule has 0 spiro atoms. The number of aromatic nitrogens is 3. The van der Waals surface area contributed by atoms with E-state index in [2.05, 4.69) is 50.5 Å². The van der Waals surface area contributed by atoms with Crippen molar-refractivity contribution >= 4 is 21.6 Å². The Bertz CT molecular complexity index is 707. The van der Waals surface area contributed by atoms with Crippen molar-refractivity contribution in [3.63, 3.8) is 0 Å². The number of halogens is 1. The molecular formula is C16H15BrN4. The lowest BCUT2D eigenvalue weighted by Crippen LogP contribution is -2.07. The first-order valence-electron chi connectivity index (χ1n) is 6.72. The quantitative estimate of drug-likeness (QED) is 0.772. The van der Waals surface area contributed by atoms with Crippen LogP contribution in [-0.4, -0.2) is 15.0 Å². The number of benzene rings is 2. The summed E-state index contributed by atoms with van der Waals surface area (Å²) in [5.74, 6) is 0. The summed E-state index contributed by atoms with van der Waals surface area (Å²) in [6.45, 7) is 2.14. The van der Waals surface area contributed by atoms with Crippen LogP contribution in [0, 0.1) is 0 Å². The monoisotopic (exact) mass is 342 g/mol. The Morgan fingerprint density at radius 2 is 1.67 bits per heavy atom. The molecule has 1 N–H and O–H groups in total. The molecule has 0 aliphatic rings. The molecule has 0 aliphatic carbocycles. The number of hydrogen-bond donors (Lipinski definition) is 1. The van der Waals surface area contributed by atoms with Crippen LogP contribution in [0.15, 0.2) is 65.4 Å². The highest BCUT2D eigenvalue weighted by Gasteiger charge is 2.08. The lowest BCUT2D eigenvalue weighted by molar-refractivity contribution is 0.752. The van der Waals surface area contributed by atoms with Gasteiger partial charge in [0.15, 0.2) is 0 Å². The van der Waals surface area contributed by atoms with Gasteiger partial charge in [0, 0.05) is 16.2 Å². The summed E-state index contributed by atoms with van der Waals surface area (Å²) in [5.41, 5.74) is 3.24. The zero-order valence-corrected chi connectivity index (χ0v) is 13.2. The minimum absolute atomic E-state index is 0.217. The molecule has 0 saturated carbocycles. The van der Waals surface area contributed by atoms with Gasteiger partial charge in [-0.3, -0.25) is 0 Å². The normalized spacial score (nSPS) is 12.1. The van der Waals surface area contributed by atoms with Crippen LogP contribution in [0.1, 0.15) is 18.5 Å². The minimum Gasteiger partial charge on any atom is -0.378 e. The first-order valence-corrected chi connectivity index (χ1v) is 7.51. The van der Waals surface area contributed by atoms with Gasteiger partial charge in [-0.1, -0.05) is 34.1 Å². The van der Waals surface area contributed by atoms with E-state index in [1.165, 1.54) is 5.56 Å². The molecule has 4 nitrogen and oxygen atoms in total. The third-order valence-corrected chi connectivity index (χ3v) is 3.99. The van der Waals surface area contributed by atoms with Crippen LogP contribution in [0.2, 0.25) is 0 Å². The van der Waals surface area contributed by atoms with Crippen molar-refractivity contribution in [1.82, 2.24) is 15.0 Å². The van der Waals surface area contributed by atoms with Crippen LogP contribution in [0.3, 0.4) is 0 Å². The van der Waals surface area contributed by atoms with Crippen molar-refractivity contribution in [3.05, 3.63) is 71.0 Å². The molecule has 3 rings (SSSR count). The maximum atomic E-state index is 4.12. The summed E-state index contributed by atoms with van der Waals surface area (Å²) in [4.78, 5) is 1.60. The van der Waals surface area contributed by atoms with Gasteiger partial charge in [0.25, 0.3) is 0 Å². The average molecular weight is 343 g/mol. The Balaban J connectivity index is 1.75. The molecule has 0 amide bonds. The number of nitrogens with zero attached hydrogens (tertiary/aromatic N) is 3. The number of hydrogen-bond acceptors (Lipinski definition) is 3. The molecule has 106 valence electrons. The third-order valence-electron chi connectivity index (χ3n) is 3.27. The van der Waals surface area contributed by atoms with E-state index in [1.807, 2.05) is 36.4 Å². The van der Waals surface area contributed by atoms with Crippen molar-refractivity contribution < 1.29 is 0 Å². The smallest absolute Gasteiger partial charge is 0.0858 e. The fourth-order valence-electron chi connectivity index (χ4n) is 2.19. The standard InChI is InChI=1S/C16H15BrN4/c1-12(15-4-2-3-5-16(15)17)20-13-6-8-14(9-7-13)21-18-10-11-19-21/h2-12,20H,1H3.